The molecule has 0 aliphatic rings. The van der Waals surface area contributed by atoms with Crippen molar-refractivity contribution in [3.05, 3.63) is 473 Å². The minimum Gasteiger partial charge on any atom is -0.309 e. The van der Waals surface area contributed by atoms with Gasteiger partial charge in [0.1, 0.15) is 0 Å². The fourth-order valence-electron chi connectivity index (χ4n) is 17.3. The van der Waals surface area contributed by atoms with E-state index in [0.717, 1.165) is 89.3 Å². The van der Waals surface area contributed by atoms with Crippen LogP contribution in [0.2, 0.25) is 0 Å². The molecule has 0 fully saturated rings. The van der Waals surface area contributed by atoms with Gasteiger partial charge in [0.25, 0.3) is 0 Å². The zero-order valence-corrected chi connectivity index (χ0v) is 69.9. The Kier molecular flexibility index (Phi) is 20.8. The van der Waals surface area contributed by atoms with Crippen molar-refractivity contribution in [1.29, 1.82) is 0 Å². The largest absolute Gasteiger partial charge is 0.309 e. The highest BCUT2D eigenvalue weighted by molar-refractivity contribution is 6.12. The Morgan fingerprint density at radius 2 is 0.302 bits per heavy atom. The molecule has 0 bridgehead atoms. The minimum atomic E-state index is 0.640. The Morgan fingerprint density at radius 3 is 0.620 bits per heavy atom. The van der Waals surface area contributed by atoms with E-state index in [1.807, 2.05) is 182 Å². The van der Waals surface area contributed by atoms with Gasteiger partial charge in [-0.15, -0.1) is 0 Å². The molecule has 0 aliphatic carbocycles. The highest BCUT2D eigenvalue weighted by Crippen LogP contribution is 2.41. The summed E-state index contributed by atoms with van der Waals surface area (Å²) in [4.78, 5) is 44.1. The molecule has 0 saturated heterocycles. The zero-order chi connectivity index (χ0) is 85.8. The predicted octanol–water partition coefficient (Wildman–Crippen LogP) is 28.9. The van der Waals surface area contributed by atoms with Crippen LogP contribution in [0.5, 0.6) is 0 Å². The molecule has 606 valence electrons. The van der Waals surface area contributed by atoms with Gasteiger partial charge < -0.3 is 13.7 Å². The molecule has 12 nitrogen and oxygen atoms in total. The highest BCUT2D eigenvalue weighted by atomic mass is 15.1. The lowest BCUT2D eigenvalue weighted by molar-refractivity contribution is 1.07. The topological polar surface area (TPSA) is 131 Å². The average molecular weight is 1650 g/mol. The number of aromatic nitrogens is 12. The van der Waals surface area contributed by atoms with Crippen LogP contribution in [0.3, 0.4) is 0 Å². The molecule has 24 rings (SSSR count). The van der Waals surface area contributed by atoms with Crippen LogP contribution in [0, 0.1) is 0 Å². The first-order valence-electron chi connectivity index (χ1n) is 43.1. The fourth-order valence-corrected chi connectivity index (χ4v) is 17.3. The van der Waals surface area contributed by atoms with Crippen molar-refractivity contribution in [2.45, 2.75) is 0 Å². The third kappa shape index (κ3) is 15.6. The van der Waals surface area contributed by atoms with Crippen molar-refractivity contribution in [1.82, 2.24) is 58.6 Å². The van der Waals surface area contributed by atoms with Crippen molar-refractivity contribution in [3.63, 3.8) is 0 Å². The smallest absolute Gasteiger partial charge is 0.164 e. The normalized spacial score (nSPS) is 11.3. The van der Waals surface area contributed by atoms with Gasteiger partial charge in [-0.2, -0.15) is 0 Å². The number of hydrogen-bond acceptors (Lipinski definition) is 9. The summed E-state index contributed by atoms with van der Waals surface area (Å²) in [5, 5.41) is 7.43. The van der Waals surface area contributed by atoms with Gasteiger partial charge in [-0.25, -0.2) is 44.9 Å². The molecule has 0 radical (unpaired) electrons. The summed E-state index contributed by atoms with van der Waals surface area (Å²) in [6, 6.07) is 164. The molecule has 18 aromatic carbocycles. The van der Waals surface area contributed by atoms with Gasteiger partial charge in [-0.1, -0.05) is 370 Å². The predicted molar refractivity (Wildman–Crippen MR) is 528 cm³/mol. The second kappa shape index (κ2) is 34.6. The number of hydrogen-bond donors (Lipinski definition) is 0. The van der Waals surface area contributed by atoms with Crippen molar-refractivity contribution < 1.29 is 0 Å². The van der Waals surface area contributed by atoms with Crippen LogP contribution < -0.4 is 0 Å². The zero-order valence-electron chi connectivity index (χ0n) is 69.9. The number of benzene rings is 18. The highest BCUT2D eigenvalue weighted by Gasteiger charge is 2.22. The van der Waals surface area contributed by atoms with Crippen molar-refractivity contribution in [2.75, 3.05) is 0 Å². The Morgan fingerprint density at radius 1 is 0.109 bits per heavy atom. The van der Waals surface area contributed by atoms with Gasteiger partial charge in [0.05, 0.1) is 33.1 Å². The summed E-state index contributed by atoms with van der Waals surface area (Å²) in [6.45, 7) is 0. The molecule has 12 heteroatoms. The van der Waals surface area contributed by atoms with Gasteiger partial charge in [0.2, 0.25) is 0 Å². The number of nitrogens with zero attached hydrogens (tertiary/aromatic N) is 12. The van der Waals surface area contributed by atoms with Crippen molar-refractivity contribution in [2.24, 2.45) is 0 Å². The minimum absolute atomic E-state index is 0.640. The third-order valence-electron chi connectivity index (χ3n) is 23.6. The fraction of sp³-hybridized carbons (Fsp3) is 0. The molecule has 0 N–H and O–H groups in total. The summed E-state index contributed by atoms with van der Waals surface area (Å²) in [5.74, 6) is 5.87. The lowest BCUT2D eigenvalue weighted by Gasteiger charge is -2.12. The molecule has 6 aromatic heterocycles. The second-order valence-corrected chi connectivity index (χ2v) is 31.6. The van der Waals surface area contributed by atoms with E-state index in [0.29, 0.717) is 52.4 Å². The summed E-state index contributed by atoms with van der Waals surface area (Å²) in [7, 11) is 0. The van der Waals surface area contributed by atoms with E-state index in [4.69, 9.17) is 44.9 Å². The molecule has 0 unspecified atom stereocenters. The van der Waals surface area contributed by atoms with Crippen LogP contribution in [0.1, 0.15) is 0 Å². The number of fused-ring (bicyclic) bond motifs is 9. The van der Waals surface area contributed by atoms with E-state index in [-0.39, 0.29) is 0 Å². The maximum atomic E-state index is 4.96. The van der Waals surface area contributed by atoms with E-state index in [9.17, 15) is 0 Å². The standard InChI is InChI=1S/3C39H26N4/c1-4-13-27(14-5-1)30-23-24-36-34(26-30)33-21-10-11-22-35(33)43(36)32-20-12-19-31(25-32)39-41-37(28-15-6-2-7-16-28)40-38(42-39)29-17-8-3-9-18-29;1-4-12-27(13-5-1)31-22-25-36-34(26-31)33-18-10-11-19-35(33)43(36)32-23-20-30(21-24-32)39-41-37(28-14-6-2-7-15-28)40-38(42-39)29-16-8-3-9-17-29;1-3-12-28(13-4-1)37-40-38(29-14-5-2-6-15-29)42-39(41-37)31-17-11-16-30(26-31)27-22-24-32(25-23-27)43-35-20-9-7-18-33(35)34-19-8-10-21-36(34)43/h3*1-26H. The summed E-state index contributed by atoms with van der Waals surface area (Å²) in [5.41, 5.74) is 26.0. The molecule has 0 atom stereocenters. The molecular weight excluding hydrogens is 1570 g/mol. The Labute approximate surface area is 745 Å². The van der Waals surface area contributed by atoms with Gasteiger partial charge in [0, 0.05) is 99.5 Å². The van der Waals surface area contributed by atoms with Crippen molar-refractivity contribution >= 4 is 65.4 Å². The summed E-state index contributed by atoms with van der Waals surface area (Å²) < 4.78 is 7.01. The van der Waals surface area contributed by atoms with Crippen LogP contribution in [0.15, 0.2) is 473 Å². The van der Waals surface area contributed by atoms with E-state index in [1.54, 1.807) is 0 Å². The van der Waals surface area contributed by atoms with Crippen LogP contribution >= 0.6 is 0 Å². The van der Waals surface area contributed by atoms with Gasteiger partial charge in [0.15, 0.2) is 52.4 Å². The van der Waals surface area contributed by atoms with Gasteiger partial charge >= 0.3 is 0 Å². The Bertz CT molecular complexity index is 7950. The van der Waals surface area contributed by atoms with Crippen LogP contribution in [-0.2, 0) is 0 Å². The number of rotatable bonds is 15. The first kappa shape index (κ1) is 77.4. The molecule has 24 aromatic rings. The molecule has 129 heavy (non-hydrogen) atoms. The molecule has 0 aliphatic heterocycles. The second-order valence-electron chi connectivity index (χ2n) is 31.6. The van der Waals surface area contributed by atoms with E-state index in [1.165, 1.54) is 76.6 Å². The molecule has 6 heterocycles. The van der Waals surface area contributed by atoms with E-state index < -0.39 is 0 Å². The maximum Gasteiger partial charge on any atom is 0.164 e. The molecule has 0 amide bonds. The monoisotopic (exact) mass is 1650 g/mol. The quantitative estimate of drug-likeness (QED) is 0.0984. The SMILES string of the molecule is c1ccc(-c2ccc3c(c2)c2ccccc2n3-c2ccc(-c3nc(-c4ccccc4)nc(-c4ccccc4)n3)cc2)cc1.c1ccc(-c2ccc3c(c2)c2ccccc2n3-c2cccc(-c3nc(-c4ccccc4)nc(-c4ccccc4)n3)c2)cc1.c1ccc(-c2nc(-c3ccccc3)nc(-c3cccc(-c4ccc(-n5c6ccccc6c6ccccc65)cc4)c3)n2)cc1. The lowest BCUT2D eigenvalue weighted by atomic mass is 10.0. The summed E-state index contributed by atoms with van der Waals surface area (Å²) in [6.07, 6.45) is 0. The van der Waals surface area contributed by atoms with E-state index >= 15 is 0 Å². The first-order chi connectivity index (χ1) is 63.9. The van der Waals surface area contributed by atoms with Gasteiger partial charge in [-0.05, 0) is 137 Å². The Hall–Kier alpha value is -17.6. The summed E-state index contributed by atoms with van der Waals surface area (Å²) >= 11 is 0. The first-order valence-corrected chi connectivity index (χ1v) is 43.1. The van der Waals surface area contributed by atoms with Crippen molar-refractivity contribution in [3.8, 4) is 153 Å². The van der Waals surface area contributed by atoms with Gasteiger partial charge in [-0.3, -0.25) is 0 Å². The molecule has 0 spiro atoms. The lowest BCUT2D eigenvalue weighted by Crippen LogP contribution is -2.01. The Balaban J connectivity index is 0.000000114. The van der Waals surface area contributed by atoms with Crippen LogP contribution in [-0.4, -0.2) is 58.6 Å². The third-order valence-corrected chi connectivity index (χ3v) is 23.6. The average Bonchev–Trinajstić information content (AvgIpc) is 1.60. The van der Waals surface area contributed by atoms with Crippen LogP contribution in [0.25, 0.3) is 218 Å². The molecular formula is C117H78N12. The van der Waals surface area contributed by atoms with Crippen LogP contribution in [0.4, 0.5) is 0 Å². The molecule has 0 saturated carbocycles. The van der Waals surface area contributed by atoms with E-state index in [2.05, 4.69) is 305 Å². The maximum absolute atomic E-state index is 4.96. The number of para-hydroxylation sites is 4.